The highest BCUT2D eigenvalue weighted by atomic mass is 79.9. The number of halogens is 1. The Morgan fingerprint density at radius 1 is 1.32 bits per heavy atom. The van der Waals surface area contributed by atoms with E-state index in [0.29, 0.717) is 23.6 Å². The number of aromatic nitrogens is 1. The summed E-state index contributed by atoms with van der Waals surface area (Å²) in [7, 11) is 0. The molecule has 0 saturated carbocycles. The summed E-state index contributed by atoms with van der Waals surface area (Å²) in [5, 5.41) is 14.2. The first-order valence-corrected chi connectivity index (χ1v) is 6.57. The lowest BCUT2D eigenvalue weighted by Crippen LogP contribution is -2.02. The summed E-state index contributed by atoms with van der Waals surface area (Å²) in [6.45, 7) is 2.65. The van der Waals surface area contributed by atoms with Crippen LogP contribution in [0.2, 0.25) is 0 Å². The maximum Gasteiger partial charge on any atom is 0.295 e. The molecule has 0 aliphatic rings. The van der Waals surface area contributed by atoms with Crippen LogP contribution in [0.4, 0.5) is 11.5 Å². The molecule has 0 saturated heterocycles. The molecule has 0 atom stereocenters. The maximum absolute atomic E-state index is 11.1. The molecule has 2 rings (SSSR count). The Hall–Kier alpha value is -1.95. The zero-order chi connectivity index (χ0) is 13.8. The molecule has 1 aromatic heterocycles. The van der Waals surface area contributed by atoms with Gasteiger partial charge in [0.15, 0.2) is 5.69 Å². The second-order valence-corrected chi connectivity index (χ2v) is 4.69. The summed E-state index contributed by atoms with van der Waals surface area (Å²) in [5.41, 5.74) is 1.05. The van der Waals surface area contributed by atoms with Crippen molar-refractivity contribution in [3.63, 3.8) is 0 Å². The molecule has 19 heavy (non-hydrogen) atoms. The van der Waals surface area contributed by atoms with Crippen molar-refractivity contribution >= 4 is 27.4 Å². The lowest BCUT2D eigenvalue weighted by Gasteiger charge is -2.08. The highest BCUT2D eigenvalue weighted by Gasteiger charge is 2.19. The van der Waals surface area contributed by atoms with E-state index < -0.39 is 4.92 Å². The van der Waals surface area contributed by atoms with Gasteiger partial charge in [-0.15, -0.1) is 0 Å². The van der Waals surface area contributed by atoms with Crippen LogP contribution in [0.25, 0.3) is 11.3 Å². The Labute approximate surface area is 119 Å². The first kappa shape index (κ1) is 13.5. The Balaban J connectivity index is 2.61. The summed E-state index contributed by atoms with van der Waals surface area (Å²) in [4.78, 5) is 15.0. The molecular weight excluding hydrogens is 310 g/mol. The minimum atomic E-state index is -0.419. The second kappa shape index (κ2) is 5.79. The lowest BCUT2D eigenvalue weighted by atomic mass is 10.1. The fourth-order valence-corrected chi connectivity index (χ4v) is 2.20. The van der Waals surface area contributed by atoms with Crippen molar-refractivity contribution in [2.24, 2.45) is 0 Å². The Morgan fingerprint density at radius 3 is 2.68 bits per heavy atom. The van der Waals surface area contributed by atoms with E-state index in [-0.39, 0.29) is 5.69 Å². The molecule has 0 fully saturated rings. The van der Waals surface area contributed by atoms with Crippen molar-refractivity contribution < 1.29 is 4.92 Å². The van der Waals surface area contributed by atoms with Crippen molar-refractivity contribution in [1.82, 2.24) is 4.98 Å². The van der Waals surface area contributed by atoms with Gasteiger partial charge in [0.05, 0.1) is 4.92 Å². The van der Waals surface area contributed by atoms with Gasteiger partial charge in [-0.25, -0.2) is 4.98 Å². The number of nitrogens with zero attached hydrogens (tertiary/aromatic N) is 2. The SMILES string of the molecule is CCNc1ccc([N+](=O)[O-])c(-c2ccccc2Br)n1. The van der Waals surface area contributed by atoms with Gasteiger partial charge in [0.1, 0.15) is 5.82 Å². The van der Waals surface area contributed by atoms with Gasteiger partial charge in [-0.2, -0.15) is 0 Å². The van der Waals surface area contributed by atoms with Gasteiger partial charge in [0.25, 0.3) is 5.69 Å². The molecule has 1 heterocycles. The molecule has 5 nitrogen and oxygen atoms in total. The number of rotatable bonds is 4. The van der Waals surface area contributed by atoms with Gasteiger partial charge in [-0.1, -0.05) is 34.1 Å². The molecule has 0 bridgehead atoms. The largest absolute Gasteiger partial charge is 0.370 e. The number of benzene rings is 1. The molecule has 0 amide bonds. The summed E-state index contributed by atoms with van der Waals surface area (Å²) in [6, 6.07) is 10.4. The molecule has 0 spiro atoms. The molecule has 6 heteroatoms. The predicted octanol–water partition coefficient (Wildman–Crippen LogP) is 3.85. The zero-order valence-corrected chi connectivity index (χ0v) is 11.8. The Morgan fingerprint density at radius 2 is 2.05 bits per heavy atom. The van der Waals surface area contributed by atoms with Crippen LogP contribution in [0.15, 0.2) is 40.9 Å². The van der Waals surface area contributed by atoms with E-state index in [0.717, 1.165) is 4.47 Å². The minimum absolute atomic E-state index is 0.00597. The van der Waals surface area contributed by atoms with Crippen molar-refractivity contribution in [2.75, 3.05) is 11.9 Å². The fraction of sp³-hybridized carbons (Fsp3) is 0.154. The Kier molecular flexibility index (Phi) is 4.11. The first-order chi connectivity index (χ1) is 9.13. The normalized spacial score (nSPS) is 10.2. The number of nitro groups is 1. The third-order valence-corrected chi connectivity index (χ3v) is 3.25. The van der Waals surface area contributed by atoms with Gasteiger partial charge in [-0.05, 0) is 19.1 Å². The van der Waals surface area contributed by atoms with Crippen LogP contribution < -0.4 is 5.32 Å². The topological polar surface area (TPSA) is 68.1 Å². The summed E-state index contributed by atoms with van der Waals surface area (Å²) < 4.78 is 0.777. The van der Waals surface area contributed by atoms with Gasteiger partial charge in [-0.3, -0.25) is 10.1 Å². The van der Waals surface area contributed by atoms with Gasteiger partial charge in [0.2, 0.25) is 0 Å². The van der Waals surface area contributed by atoms with E-state index in [1.165, 1.54) is 6.07 Å². The van der Waals surface area contributed by atoms with E-state index in [4.69, 9.17) is 0 Å². The van der Waals surface area contributed by atoms with Crippen LogP contribution in [0, 0.1) is 10.1 Å². The number of anilines is 1. The van der Waals surface area contributed by atoms with Crippen LogP contribution in [-0.2, 0) is 0 Å². The Bertz CT molecular complexity index is 617. The zero-order valence-electron chi connectivity index (χ0n) is 10.3. The predicted molar refractivity (Wildman–Crippen MR) is 78.2 cm³/mol. The van der Waals surface area contributed by atoms with E-state index >= 15 is 0 Å². The van der Waals surface area contributed by atoms with Gasteiger partial charge < -0.3 is 5.32 Å². The van der Waals surface area contributed by atoms with E-state index in [1.807, 2.05) is 25.1 Å². The quantitative estimate of drug-likeness (QED) is 0.686. The monoisotopic (exact) mass is 321 g/mol. The molecule has 2 aromatic rings. The first-order valence-electron chi connectivity index (χ1n) is 5.77. The highest BCUT2D eigenvalue weighted by Crippen LogP contribution is 2.33. The van der Waals surface area contributed by atoms with Crippen LogP contribution in [-0.4, -0.2) is 16.5 Å². The number of pyridine rings is 1. The smallest absolute Gasteiger partial charge is 0.295 e. The van der Waals surface area contributed by atoms with Crippen molar-refractivity contribution in [2.45, 2.75) is 6.92 Å². The van der Waals surface area contributed by atoms with Gasteiger partial charge >= 0.3 is 0 Å². The molecule has 1 N–H and O–H groups in total. The number of hydrogen-bond donors (Lipinski definition) is 1. The molecule has 0 aliphatic carbocycles. The average Bonchev–Trinajstić information content (AvgIpc) is 2.39. The summed E-state index contributed by atoms with van der Waals surface area (Å²) in [5.74, 6) is 0.624. The van der Waals surface area contributed by atoms with E-state index in [9.17, 15) is 10.1 Å². The van der Waals surface area contributed by atoms with Crippen LogP contribution >= 0.6 is 15.9 Å². The molecule has 98 valence electrons. The molecule has 0 unspecified atom stereocenters. The third kappa shape index (κ3) is 2.90. The molecule has 1 aromatic carbocycles. The highest BCUT2D eigenvalue weighted by molar-refractivity contribution is 9.10. The summed E-state index contributed by atoms with van der Waals surface area (Å²) in [6.07, 6.45) is 0. The number of nitrogens with one attached hydrogen (secondary N) is 1. The number of hydrogen-bond acceptors (Lipinski definition) is 4. The summed E-state index contributed by atoms with van der Waals surface area (Å²) >= 11 is 3.40. The molecular formula is C13H12BrN3O2. The molecule has 0 radical (unpaired) electrons. The maximum atomic E-state index is 11.1. The van der Waals surface area contributed by atoms with Crippen LogP contribution in [0.3, 0.4) is 0 Å². The lowest BCUT2D eigenvalue weighted by molar-refractivity contribution is -0.384. The van der Waals surface area contributed by atoms with Crippen molar-refractivity contribution in [1.29, 1.82) is 0 Å². The van der Waals surface area contributed by atoms with E-state index in [1.54, 1.807) is 12.1 Å². The van der Waals surface area contributed by atoms with E-state index in [2.05, 4.69) is 26.2 Å². The van der Waals surface area contributed by atoms with Crippen LogP contribution in [0.5, 0.6) is 0 Å². The van der Waals surface area contributed by atoms with Crippen molar-refractivity contribution in [3.8, 4) is 11.3 Å². The molecule has 0 aliphatic heterocycles. The third-order valence-electron chi connectivity index (χ3n) is 2.56. The van der Waals surface area contributed by atoms with Gasteiger partial charge in [0, 0.05) is 22.6 Å². The average molecular weight is 322 g/mol. The van der Waals surface area contributed by atoms with Crippen molar-refractivity contribution in [3.05, 3.63) is 51.0 Å². The standard InChI is InChI=1S/C13H12BrN3O2/c1-2-15-12-8-7-11(17(18)19)13(16-12)9-5-3-4-6-10(9)14/h3-8H,2H2,1H3,(H,15,16). The fourth-order valence-electron chi connectivity index (χ4n) is 1.73. The minimum Gasteiger partial charge on any atom is -0.370 e. The second-order valence-electron chi connectivity index (χ2n) is 3.83. The van der Waals surface area contributed by atoms with Crippen LogP contribution in [0.1, 0.15) is 6.92 Å².